The van der Waals surface area contributed by atoms with Crippen molar-refractivity contribution in [2.45, 2.75) is 12.7 Å². The van der Waals surface area contributed by atoms with E-state index in [1.165, 1.54) is 18.2 Å². The lowest BCUT2D eigenvalue weighted by Crippen LogP contribution is -2.23. The van der Waals surface area contributed by atoms with Gasteiger partial charge in [0.1, 0.15) is 0 Å². The molecule has 1 aromatic heterocycles. The van der Waals surface area contributed by atoms with Crippen LogP contribution >= 0.6 is 0 Å². The molecule has 2 rings (SSSR count). The van der Waals surface area contributed by atoms with Gasteiger partial charge in [0.15, 0.2) is 0 Å². The minimum Gasteiger partial charge on any atom is -0.399 e. The molecule has 110 valence electrons. The summed E-state index contributed by atoms with van der Waals surface area (Å²) in [5.41, 5.74) is 5.95. The first-order chi connectivity index (χ1) is 9.08. The van der Waals surface area contributed by atoms with Gasteiger partial charge in [0.25, 0.3) is 0 Å². The predicted octanol–water partition coefficient (Wildman–Crippen LogP) is 0.926. The van der Waals surface area contributed by atoms with Crippen molar-refractivity contribution < 1.29 is 21.6 Å². The second-order valence-electron chi connectivity index (χ2n) is 4.20. The number of benzene rings is 1. The van der Waals surface area contributed by atoms with Crippen LogP contribution in [0.1, 0.15) is 5.82 Å². The zero-order valence-corrected chi connectivity index (χ0v) is 10.9. The second-order valence-corrected chi connectivity index (χ2v) is 5.93. The molecule has 0 atom stereocenters. The van der Waals surface area contributed by atoms with Gasteiger partial charge in [-0.2, -0.15) is 13.2 Å². The number of sulfonamides is 1. The number of rotatable bonds is 3. The third-order valence-corrected chi connectivity index (χ3v) is 3.38. The number of hydrogen-bond donors (Lipinski definition) is 2. The molecule has 0 unspecified atom stereocenters. The van der Waals surface area contributed by atoms with Gasteiger partial charge < -0.3 is 10.3 Å². The molecule has 0 aliphatic heterocycles. The predicted molar refractivity (Wildman–Crippen MR) is 67.1 cm³/mol. The molecule has 4 N–H and O–H groups in total. The summed E-state index contributed by atoms with van der Waals surface area (Å²) in [6.07, 6.45) is -4.70. The minimum atomic E-state index is -4.70. The normalized spacial score (nSPS) is 13.0. The van der Waals surface area contributed by atoms with E-state index >= 15 is 0 Å². The Labute approximate surface area is 112 Å². The lowest BCUT2D eigenvalue weighted by atomic mass is 10.3. The van der Waals surface area contributed by atoms with E-state index in [9.17, 15) is 21.6 Å². The van der Waals surface area contributed by atoms with Crippen molar-refractivity contribution in [2.75, 3.05) is 11.5 Å². The summed E-state index contributed by atoms with van der Waals surface area (Å²) in [5, 5.41) is 4.82. The van der Waals surface area contributed by atoms with Gasteiger partial charge in [-0.05, 0) is 18.2 Å². The van der Waals surface area contributed by atoms with Crippen LogP contribution in [0.4, 0.5) is 18.9 Å². The maximum atomic E-state index is 12.9. The quantitative estimate of drug-likeness (QED) is 0.823. The van der Waals surface area contributed by atoms with Crippen molar-refractivity contribution in [1.82, 2.24) is 9.55 Å². The SMILES string of the molecule is Nc1ccc2c(c1)nc(C(F)(F)F)n2CCS(N)(=O)=O. The monoisotopic (exact) mass is 308 g/mol. The highest BCUT2D eigenvalue weighted by Crippen LogP contribution is 2.32. The number of nitrogens with zero attached hydrogens (tertiary/aromatic N) is 2. The summed E-state index contributed by atoms with van der Waals surface area (Å²) in [4.78, 5) is 3.47. The first-order valence-corrected chi connectivity index (χ1v) is 7.13. The van der Waals surface area contributed by atoms with E-state index in [1.807, 2.05) is 0 Å². The fourth-order valence-electron chi connectivity index (χ4n) is 1.81. The molecular weight excluding hydrogens is 297 g/mol. The van der Waals surface area contributed by atoms with Crippen LogP contribution in [0.25, 0.3) is 11.0 Å². The highest BCUT2D eigenvalue weighted by atomic mass is 32.2. The van der Waals surface area contributed by atoms with Crippen molar-refractivity contribution in [3.8, 4) is 0 Å². The van der Waals surface area contributed by atoms with E-state index in [0.29, 0.717) is 0 Å². The van der Waals surface area contributed by atoms with E-state index in [2.05, 4.69) is 4.98 Å². The molecule has 0 aliphatic rings. The molecule has 0 aliphatic carbocycles. The summed E-state index contributed by atoms with van der Waals surface area (Å²) < 4.78 is 61.4. The zero-order valence-electron chi connectivity index (χ0n) is 10.1. The zero-order chi connectivity index (χ0) is 15.1. The number of fused-ring (bicyclic) bond motifs is 1. The third kappa shape index (κ3) is 3.02. The number of primary sulfonamides is 1. The Hall–Kier alpha value is -1.81. The van der Waals surface area contributed by atoms with E-state index in [4.69, 9.17) is 10.9 Å². The molecular formula is C10H11F3N4O2S. The summed E-state index contributed by atoms with van der Waals surface area (Å²) in [5.74, 6) is -1.80. The molecule has 0 radical (unpaired) electrons. The summed E-state index contributed by atoms with van der Waals surface area (Å²) in [7, 11) is -3.88. The molecule has 0 amide bonds. The fourth-order valence-corrected chi connectivity index (χ4v) is 2.25. The van der Waals surface area contributed by atoms with Crippen LogP contribution in [0.3, 0.4) is 0 Å². The van der Waals surface area contributed by atoms with Gasteiger partial charge in [0.05, 0.1) is 16.8 Å². The summed E-state index contributed by atoms with van der Waals surface area (Å²) in [6.45, 7) is -0.436. The number of alkyl halides is 3. The van der Waals surface area contributed by atoms with Gasteiger partial charge >= 0.3 is 6.18 Å². The topological polar surface area (TPSA) is 104 Å². The highest BCUT2D eigenvalue weighted by Gasteiger charge is 2.37. The summed E-state index contributed by atoms with van der Waals surface area (Å²) in [6, 6.07) is 4.06. The van der Waals surface area contributed by atoms with Crippen LogP contribution in [0.15, 0.2) is 18.2 Å². The molecule has 0 bridgehead atoms. The van der Waals surface area contributed by atoms with Crippen LogP contribution in [0.2, 0.25) is 0 Å². The minimum absolute atomic E-state index is 0.0479. The Balaban J connectivity index is 2.59. The van der Waals surface area contributed by atoms with Crippen LogP contribution in [-0.2, 0) is 22.7 Å². The standard InChI is InChI=1S/C10H11F3N4O2S/c11-10(12,13)9-16-7-5-6(14)1-2-8(7)17(9)3-4-20(15,18)19/h1-2,5H,3-4,14H2,(H2,15,18,19). The number of imidazole rings is 1. The molecule has 10 heteroatoms. The Kier molecular flexibility index (Phi) is 3.38. The van der Waals surface area contributed by atoms with E-state index < -0.39 is 34.3 Å². The van der Waals surface area contributed by atoms with E-state index in [1.54, 1.807) is 0 Å². The lowest BCUT2D eigenvalue weighted by Gasteiger charge is -2.10. The van der Waals surface area contributed by atoms with Crippen LogP contribution < -0.4 is 10.9 Å². The number of hydrogen-bond acceptors (Lipinski definition) is 4. The number of aromatic nitrogens is 2. The molecule has 0 saturated carbocycles. The molecule has 1 heterocycles. The molecule has 1 aromatic carbocycles. The van der Waals surface area contributed by atoms with Gasteiger partial charge in [0, 0.05) is 12.2 Å². The molecule has 0 saturated heterocycles. The average molecular weight is 308 g/mol. The maximum Gasteiger partial charge on any atom is 0.449 e. The highest BCUT2D eigenvalue weighted by molar-refractivity contribution is 7.89. The average Bonchev–Trinajstić information content (AvgIpc) is 2.62. The molecule has 6 nitrogen and oxygen atoms in total. The Morgan fingerprint density at radius 3 is 2.50 bits per heavy atom. The summed E-state index contributed by atoms with van der Waals surface area (Å²) >= 11 is 0. The molecule has 0 fully saturated rings. The first kappa shape index (κ1) is 14.6. The van der Waals surface area contributed by atoms with Gasteiger partial charge in [-0.15, -0.1) is 0 Å². The fraction of sp³-hybridized carbons (Fsp3) is 0.300. The van der Waals surface area contributed by atoms with E-state index in [-0.39, 0.29) is 16.7 Å². The Bertz CT molecular complexity index is 752. The Morgan fingerprint density at radius 2 is 1.95 bits per heavy atom. The lowest BCUT2D eigenvalue weighted by molar-refractivity contribution is -0.146. The van der Waals surface area contributed by atoms with Gasteiger partial charge in [-0.25, -0.2) is 18.5 Å². The van der Waals surface area contributed by atoms with E-state index in [0.717, 1.165) is 4.57 Å². The van der Waals surface area contributed by atoms with Gasteiger partial charge in [-0.3, -0.25) is 0 Å². The number of nitrogen functional groups attached to an aromatic ring is 1. The molecule has 2 aromatic rings. The van der Waals surface area contributed by atoms with Crippen molar-refractivity contribution >= 4 is 26.7 Å². The van der Waals surface area contributed by atoms with Crippen molar-refractivity contribution in [1.29, 1.82) is 0 Å². The van der Waals surface area contributed by atoms with Crippen LogP contribution in [0.5, 0.6) is 0 Å². The largest absolute Gasteiger partial charge is 0.449 e. The molecule has 0 spiro atoms. The second kappa shape index (κ2) is 4.63. The Morgan fingerprint density at radius 1 is 1.30 bits per heavy atom. The number of aryl methyl sites for hydroxylation is 1. The smallest absolute Gasteiger partial charge is 0.399 e. The van der Waals surface area contributed by atoms with Crippen LogP contribution in [-0.4, -0.2) is 23.7 Å². The number of nitrogens with two attached hydrogens (primary N) is 2. The van der Waals surface area contributed by atoms with Crippen molar-refractivity contribution in [3.05, 3.63) is 24.0 Å². The third-order valence-electron chi connectivity index (χ3n) is 2.63. The van der Waals surface area contributed by atoms with Crippen molar-refractivity contribution in [2.24, 2.45) is 5.14 Å². The van der Waals surface area contributed by atoms with Gasteiger partial charge in [0.2, 0.25) is 15.8 Å². The molecule has 20 heavy (non-hydrogen) atoms. The first-order valence-electron chi connectivity index (χ1n) is 5.41. The van der Waals surface area contributed by atoms with Crippen LogP contribution in [0, 0.1) is 0 Å². The number of halogens is 3. The maximum absolute atomic E-state index is 12.9. The van der Waals surface area contributed by atoms with Crippen molar-refractivity contribution in [3.63, 3.8) is 0 Å². The number of anilines is 1. The van der Waals surface area contributed by atoms with Gasteiger partial charge in [-0.1, -0.05) is 0 Å².